The summed E-state index contributed by atoms with van der Waals surface area (Å²) in [4.78, 5) is 10.3. The third-order valence-corrected chi connectivity index (χ3v) is 1.56. The molecule has 0 atom stereocenters. The number of hydrogen-bond donors (Lipinski definition) is 2. The molecule has 0 saturated heterocycles. The largest absolute Gasteiger partial charge is 0.480 e. The van der Waals surface area contributed by atoms with Gasteiger partial charge in [-0.05, 0) is 12.8 Å². The minimum atomic E-state index is -0.989. The van der Waals surface area contributed by atoms with Crippen molar-refractivity contribution in [2.45, 2.75) is 18.4 Å². The summed E-state index contributed by atoms with van der Waals surface area (Å²) >= 11 is 0. The monoisotopic (exact) mass is 163 g/mol. The minimum Gasteiger partial charge on any atom is -0.480 e. The van der Waals surface area contributed by atoms with Crippen molar-refractivity contribution >= 4 is 18.4 Å². The predicted molar refractivity (Wildman–Crippen MR) is 40.2 cm³/mol. The molecule has 58 valence electrons. The van der Waals surface area contributed by atoms with E-state index < -0.39 is 11.5 Å². The van der Waals surface area contributed by atoms with Gasteiger partial charge in [0.15, 0.2) is 0 Å². The van der Waals surface area contributed by atoms with Crippen molar-refractivity contribution in [1.82, 2.24) is 0 Å². The Morgan fingerprint density at radius 3 is 2.20 bits per heavy atom. The Bertz CT molecular complexity index is 171. The van der Waals surface area contributed by atoms with Crippen LogP contribution in [0, 0.1) is 0 Å². The fraction of sp³-hybridized carbons (Fsp3) is 0.500. The quantitative estimate of drug-likeness (QED) is 0.555. The van der Waals surface area contributed by atoms with Gasteiger partial charge in [0.1, 0.15) is 5.54 Å². The van der Waals surface area contributed by atoms with E-state index >= 15 is 0 Å². The highest BCUT2D eigenvalue weighted by molar-refractivity contribution is 5.85. The summed E-state index contributed by atoms with van der Waals surface area (Å²) in [5, 5.41) is 8.44. The third-order valence-electron chi connectivity index (χ3n) is 1.56. The molecular formula is C6H10ClNO2. The third kappa shape index (κ3) is 1.30. The van der Waals surface area contributed by atoms with Crippen LogP contribution in [0.15, 0.2) is 12.2 Å². The molecule has 1 saturated carbocycles. The van der Waals surface area contributed by atoms with Gasteiger partial charge < -0.3 is 10.8 Å². The van der Waals surface area contributed by atoms with E-state index in [2.05, 4.69) is 6.58 Å². The van der Waals surface area contributed by atoms with Crippen LogP contribution in [0.5, 0.6) is 0 Å². The van der Waals surface area contributed by atoms with Gasteiger partial charge in [-0.3, -0.25) is 4.79 Å². The van der Waals surface area contributed by atoms with Gasteiger partial charge in [-0.1, -0.05) is 12.2 Å². The zero-order valence-electron chi connectivity index (χ0n) is 5.46. The van der Waals surface area contributed by atoms with Crippen LogP contribution in [0.25, 0.3) is 0 Å². The number of nitrogens with two attached hydrogens (primary N) is 1. The van der Waals surface area contributed by atoms with Crippen molar-refractivity contribution < 1.29 is 9.90 Å². The van der Waals surface area contributed by atoms with E-state index in [1.165, 1.54) is 0 Å². The van der Waals surface area contributed by atoms with Crippen LogP contribution >= 0.6 is 12.4 Å². The zero-order valence-corrected chi connectivity index (χ0v) is 6.28. The van der Waals surface area contributed by atoms with Crippen molar-refractivity contribution in [1.29, 1.82) is 0 Å². The number of halogens is 1. The Morgan fingerprint density at radius 2 is 2.10 bits per heavy atom. The molecule has 0 aliphatic heterocycles. The maximum atomic E-state index is 10.3. The van der Waals surface area contributed by atoms with Crippen LogP contribution in [-0.2, 0) is 4.79 Å². The molecule has 0 aromatic rings. The minimum absolute atomic E-state index is 0. The Hall–Kier alpha value is -0.540. The molecule has 1 rings (SSSR count). The van der Waals surface area contributed by atoms with Gasteiger partial charge in [0.25, 0.3) is 0 Å². The summed E-state index contributed by atoms with van der Waals surface area (Å²) < 4.78 is 0. The molecule has 0 amide bonds. The molecule has 3 N–H and O–H groups in total. The van der Waals surface area contributed by atoms with E-state index in [1.54, 1.807) is 0 Å². The molecule has 0 radical (unpaired) electrons. The predicted octanol–water partition coefficient (Wildman–Crippen LogP) is 0.540. The highest BCUT2D eigenvalue weighted by Crippen LogP contribution is 2.33. The van der Waals surface area contributed by atoms with Crippen LogP contribution in [-0.4, -0.2) is 16.6 Å². The van der Waals surface area contributed by atoms with E-state index in [9.17, 15) is 4.79 Å². The molecular weight excluding hydrogens is 154 g/mol. The number of hydrogen-bond acceptors (Lipinski definition) is 2. The highest BCUT2D eigenvalue weighted by atomic mass is 35.5. The van der Waals surface area contributed by atoms with Gasteiger partial charge in [0.05, 0.1) is 0 Å². The first-order valence-electron chi connectivity index (χ1n) is 2.73. The lowest BCUT2D eigenvalue weighted by Crippen LogP contribution is -2.54. The molecule has 1 aliphatic rings. The lowest BCUT2D eigenvalue weighted by molar-refractivity contribution is -0.144. The number of rotatable bonds is 1. The van der Waals surface area contributed by atoms with E-state index in [4.69, 9.17) is 10.8 Å². The first-order chi connectivity index (χ1) is 4.04. The summed E-state index contributed by atoms with van der Waals surface area (Å²) in [6.07, 6.45) is 0.866. The van der Waals surface area contributed by atoms with Gasteiger partial charge in [0, 0.05) is 0 Å². The molecule has 0 aromatic heterocycles. The van der Waals surface area contributed by atoms with Crippen LogP contribution in [0.1, 0.15) is 12.8 Å². The van der Waals surface area contributed by atoms with Crippen molar-refractivity contribution in [3.8, 4) is 0 Å². The van der Waals surface area contributed by atoms with Crippen molar-refractivity contribution in [2.75, 3.05) is 0 Å². The zero-order chi connectivity index (χ0) is 7.07. The molecule has 0 unspecified atom stereocenters. The Kier molecular flexibility index (Phi) is 2.46. The van der Waals surface area contributed by atoms with E-state index in [-0.39, 0.29) is 12.4 Å². The van der Waals surface area contributed by atoms with Crippen molar-refractivity contribution in [3.05, 3.63) is 12.2 Å². The number of aliphatic carboxylic acids is 1. The standard InChI is InChI=1S/C6H9NO2.ClH/c1-4-2-6(7,3-4)5(8)9;/h1-3,7H2,(H,8,9);1H. The summed E-state index contributed by atoms with van der Waals surface area (Å²) in [6.45, 7) is 3.59. The summed E-state index contributed by atoms with van der Waals surface area (Å²) in [7, 11) is 0. The van der Waals surface area contributed by atoms with Gasteiger partial charge in [-0.25, -0.2) is 0 Å². The molecule has 1 aliphatic carbocycles. The van der Waals surface area contributed by atoms with E-state index in [0.717, 1.165) is 5.57 Å². The van der Waals surface area contributed by atoms with Crippen molar-refractivity contribution in [2.24, 2.45) is 5.73 Å². The first kappa shape index (κ1) is 9.46. The topological polar surface area (TPSA) is 63.3 Å². The Balaban J connectivity index is 0.000000810. The van der Waals surface area contributed by atoms with Gasteiger partial charge in [-0.15, -0.1) is 12.4 Å². The van der Waals surface area contributed by atoms with Crippen LogP contribution < -0.4 is 5.73 Å². The molecule has 0 aromatic carbocycles. The SMILES string of the molecule is C=C1CC(N)(C(=O)O)C1.Cl. The Morgan fingerprint density at radius 1 is 1.70 bits per heavy atom. The second kappa shape index (κ2) is 2.60. The summed E-state index contributed by atoms with van der Waals surface area (Å²) in [5.74, 6) is -0.921. The summed E-state index contributed by atoms with van der Waals surface area (Å²) in [5.41, 5.74) is 5.32. The molecule has 3 nitrogen and oxygen atoms in total. The number of carbonyl (C=O) groups is 1. The first-order valence-corrected chi connectivity index (χ1v) is 2.73. The highest BCUT2D eigenvalue weighted by Gasteiger charge is 2.42. The molecule has 1 fully saturated rings. The van der Waals surface area contributed by atoms with E-state index in [1.807, 2.05) is 0 Å². The van der Waals surface area contributed by atoms with Crippen molar-refractivity contribution in [3.63, 3.8) is 0 Å². The lowest BCUT2D eigenvalue weighted by Gasteiger charge is -2.35. The second-order valence-electron chi connectivity index (χ2n) is 2.56. The molecule has 0 spiro atoms. The fourth-order valence-electron chi connectivity index (χ4n) is 0.992. The normalized spacial score (nSPS) is 20.7. The van der Waals surface area contributed by atoms with E-state index in [0.29, 0.717) is 12.8 Å². The Labute approximate surface area is 65.3 Å². The maximum absolute atomic E-state index is 10.3. The number of carboxylic acid groups (broad SMARTS) is 1. The van der Waals surface area contributed by atoms with Crippen LogP contribution in [0.2, 0.25) is 0 Å². The fourth-order valence-corrected chi connectivity index (χ4v) is 0.992. The average molecular weight is 164 g/mol. The second-order valence-corrected chi connectivity index (χ2v) is 2.56. The van der Waals surface area contributed by atoms with Gasteiger partial charge in [-0.2, -0.15) is 0 Å². The molecule has 0 heterocycles. The molecule has 10 heavy (non-hydrogen) atoms. The summed E-state index contributed by atoms with van der Waals surface area (Å²) in [6, 6.07) is 0. The average Bonchev–Trinajstić information content (AvgIpc) is 1.62. The lowest BCUT2D eigenvalue weighted by atomic mass is 9.74. The molecule has 4 heteroatoms. The van der Waals surface area contributed by atoms with Gasteiger partial charge in [0.2, 0.25) is 0 Å². The number of carboxylic acids is 1. The molecule has 0 bridgehead atoms. The van der Waals surface area contributed by atoms with Crippen LogP contribution in [0.4, 0.5) is 0 Å². The maximum Gasteiger partial charge on any atom is 0.324 e. The van der Waals surface area contributed by atoms with Gasteiger partial charge >= 0.3 is 5.97 Å². The smallest absolute Gasteiger partial charge is 0.324 e. The van der Waals surface area contributed by atoms with Crippen LogP contribution in [0.3, 0.4) is 0 Å².